The van der Waals surface area contributed by atoms with Crippen molar-refractivity contribution in [2.75, 3.05) is 19.7 Å². The molecule has 2 fully saturated rings. The lowest BCUT2D eigenvalue weighted by atomic mass is 9.88. The molecule has 94 valence electrons. The Morgan fingerprint density at radius 2 is 2.06 bits per heavy atom. The average molecular weight is 225 g/mol. The van der Waals surface area contributed by atoms with Crippen molar-refractivity contribution >= 4 is 0 Å². The van der Waals surface area contributed by atoms with E-state index in [0.29, 0.717) is 12.6 Å². The minimum atomic E-state index is 0.333. The van der Waals surface area contributed by atoms with E-state index in [9.17, 15) is 0 Å². The first-order valence-electron chi connectivity index (χ1n) is 7.05. The van der Waals surface area contributed by atoms with Crippen molar-refractivity contribution in [1.82, 2.24) is 4.90 Å². The van der Waals surface area contributed by atoms with Gasteiger partial charge in [-0.3, -0.25) is 0 Å². The van der Waals surface area contributed by atoms with Crippen LogP contribution in [0.15, 0.2) is 0 Å². The molecule has 1 N–H and O–H groups in total. The van der Waals surface area contributed by atoms with Crippen LogP contribution in [0.5, 0.6) is 0 Å². The Bertz CT molecular complexity index is 217. The normalized spacial score (nSPS) is 33.2. The van der Waals surface area contributed by atoms with Gasteiger partial charge in [-0.15, -0.1) is 0 Å². The van der Waals surface area contributed by atoms with Crippen LogP contribution in [0.1, 0.15) is 46.0 Å². The highest BCUT2D eigenvalue weighted by Crippen LogP contribution is 2.48. The maximum atomic E-state index is 8.94. The lowest BCUT2D eigenvalue weighted by Crippen LogP contribution is -2.37. The third kappa shape index (κ3) is 2.78. The number of rotatable bonds is 6. The molecule has 2 rings (SSSR count). The second-order valence-corrected chi connectivity index (χ2v) is 6.10. The molecular weight excluding hydrogens is 198 g/mol. The first-order chi connectivity index (χ1) is 7.70. The molecule has 0 radical (unpaired) electrons. The molecule has 0 aromatic heterocycles. The van der Waals surface area contributed by atoms with Crippen molar-refractivity contribution in [2.24, 2.45) is 17.8 Å². The van der Waals surface area contributed by atoms with E-state index in [2.05, 4.69) is 18.7 Å². The SMILES string of the molecule is CC(C)N(CCCO)CC1CC2CCC1C2. The summed E-state index contributed by atoms with van der Waals surface area (Å²) in [4.78, 5) is 2.57. The molecule has 0 amide bonds. The van der Waals surface area contributed by atoms with Crippen molar-refractivity contribution < 1.29 is 5.11 Å². The van der Waals surface area contributed by atoms with E-state index in [-0.39, 0.29) is 0 Å². The molecule has 0 heterocycles. The summed E-state index contributed by atoms with van der Waals surface area (Å²) in [6, 6.07) is 0.630. The highest BCUT2D eigenvalue weighted by molar-refractivity contribution is 4.91. The van der Waals surface area contributed by atoms with Crippen LogP contribution in [0, 0.1) is 17.8 Å². The first kappa shape index (κ1) is 12.4. The fraction of sp³-hybridized carbons (Fsp3) is 1.00. The van der Waals surface area contributed by atoms with E-state index in [1.165, 1.54) is 32.2 Å². The number of hydrogen-bond donors (Lipinski definition) is 1. The van der Waals surface area contributed by atoms with Crippen LogP contribution in [0.25, 0.3) is 0 Å². The van der Waals surface area contributed by atoms with Crippen molar-refractivity contribution in [1.29, 1.82) is 0 Å². The number of fused-ring (bicyclic) bond motifs is 2. The molecule has 2 heteroatoms. The standard InChI is InChI=1S/C14H27NO/c1-11(2)15(6-3-7-16)10-14-9-12-4-5-13(14)8-12/h11-14,16H,3-10H2,1-2H3. The van der Waals surface area contributed by atoms with Crippen molar-refractivity contribution in [2.45, 2.75) is 52.0 Å². The van der Waals surface area contributed by atoms with Crippen molar-refractivity contribution in [3.63, 3.8) is 0 Å². The summed E-state index contributed by atoms with van der Waals surface area (Å²) in [5, 5.41) is 8.94. The number of aliphatic hydroxyl groups is 1. The summed E-state index contributed by atoms with van der Waals surface area (Å²) in [6.45, 7) is 7.25. The Kier molecular flexibility index (Phi) is 4.26. The Hall–Kier alpha value is -0.0800. The van der Waals surface area contributed by atoms with E-state index in [1.54, 1.807) is 0 Å². The molecule has 3 atom stereocenters. The molecule has 3 unspecified atom stereocenters. The van der Waals surface area contributed by atoms with Gasteiger partial charge in [0.2, 0.25) is 0 Å². The van der Waals surface area contributed by atoms with Gasteiger partial charge in [-0.05, 0) is 57.3 Å². The largest absolute Gasteiger partial charge is 0.396 e. The molecule has 0 aromatic carbocycles. The highest BCUT2D eigenvalue weighted by Gasteiger charge is 2.39. The lowest BCUT2D eigenvalue weighted by molar-refractivity contribution is 0.144. The maximum Gasteiger partial charge on any atom is 0.0443 e. The minimum Gasteiger partial charge on any atom is -0.396 e. The first-order valence-corrected chi connectivity index (χ1v) is 7.05. The summed E-state index contributed by atoms with van der Waals surface area (Å²) in [5.41, 5.74) is 0. The summed E-state index contributed by atoms with van der Waals surface area (Å²) in [6.07, 6.45) is 6.91. The van der Waals surface area contributed by atoms with Gasteiger partial charge in [0.05, 0.1) is 0 Å². The Labute approximate surface area is 100 Å². The van der Waals surface area contributed by atoms with Gasteiger partial charge >= 0.3 is 0 Å². The van der Waals surface area contributed by atoms with Crippen molar-refractivity contribution in [3.8, 4) is 0 Å². The fourth-order valence-electron chi connectivity index (χ4n) is 3.74. The Morgan fingerprint density at radius 1 is 1.25 bits per heavy atom. The lowest BCUT2D eigenvalue weighted by Gasteiger charge is -2.32. The molecule has 16 heavy (non-hydrogen) atoms. The molecule has 0 aliphatic heterocycles. The predicted molar refractivity (Wildman–Crippen MR) is 67.3 cm³/mol. The van der Waals surface area contributed by atoms with Gasteiger partial charge < -0.3 is 10.0 Å². The van der Waals surface area contributed by atoms with E-state index in [1.807, 2.05) is 0 Å². The van der Waals surface area contributed by atoms with Gasteiger partial charge in [0, 0.05) is 25.7 Å². The van der Waals surface area contributed by atoms with Gasteiger partial charge in [0.1, 0.15) is 0 Å². The Morgan fingerprint density at radius 3 is 2.56 bits per heavy atom. The quantitative estimate of drug-likeness (QED) is 0.751. The van der Waals surface area contributed by atoms with Crippen LogP contribution >= 0.6 is 0 Å². The van der Waals surface area contributed by atoms with E-state index in [4.69, 9.17) is 5.11 Å². The summed E-state index contributed by atoms with van der Waals surface area (Å²) in [5.74, 6) is 3.04. The van der Waals surface area contributed by atoms with Gasteiger partial charge in [-0.2, -0.15) is 0 Å². The van der Waals surface area contributed by atoms with E-state index in [0.717, 1.165) is 30.7 Å². The topological polar surface area (TPSA) is 23.5 Å². The molecule has 2 aliphatic rings. The van der Waals surface area contributed by atoms with Gasteiger partial charge in [0.25, 0.3) is 0 Å². The average Bonchev–Trinajstić information content (AvgIpc) is 2.85. The molecular formula is C14H27NO. The van der Waals surface area contributed by atoms with Crippen molar-refractivity contribution in [3.05, 3.63) is 0 Å². The molecule has 0 spiro atoms. The third-order valence-corrected chi connectivity index (χ3v) is 4.69. The second-order valence-electron chi connectivity index (χ2n) is 6.10. The molecule has 0 aromatic rings. The Balaban J connectivity index is 1.81. The zero-order valence-corrected chi connectivity index (χ0v) is 10.9. The highest BCUT2D eigenvalue weighted by atomic mass is 16.3. The summed E-state index contributed by atoms with van der Waals surface area (Å²) >= 11 is 0. The minimum absolute atomic E-state index is 0.333. The van der Waals surface area contributed by atoms with Gasteiger partial charge in [0.15, 0.2) is 0 Å². The van der Waals surface area contributed by atoms with Gasteiger partial charge in [-0.1, -0.05) is 6.42 Å². The zero-order chi connectivity index (χ0) is 11.5. The zero-order valence-electron chi connectivity index (χ0n) is 10.9. The smallest absolute Gasteiger partial charge is 0.0443 e. The molecule has 2 bridgehead atoms. The van der Waals surface area contributed by atoms with E-state index < -0.39 is 0 Å². The predicted octanol–water partition coefficient (Wildman–Crippen LogP) is 2.52. The molecule has 2 aliphatic carbocycles. The van der Waals surface area contributed by atoms with Gasteiger partial charge in [-0.25, -0.2) is 0 Å². The third-order valence-electron chi connectivity index (χ3n) is 4.69. The molecule has 2 nitrogen and oxygen atoms in total. The van der Waals surface area contributed by atoms with E-state index >= 15 is 0 Å². The maximum absolute atomic E-state index is 8.94. The van der Waals surface area contributed by atoms with Crippen LogP contribution in [0.3, 0.4) is 0 Å². The van der Waals surface area contributed by atoms with Crippen LogP contribution in [-0.2, 0) is 0 Å². The van der Waals surface area contributed by atoms with Crippen LogP contribution in [0.4, 0.5) is 0 Å². The van der Waals surface area contributed by atoms with Crippen LogP contribution in [-0.4, -0.2) is 35.7 Å². The second kappa shape index (κ2) is 5.50. The van der Waals surface area contributed by atoms with Crippen LogP contribution in [0.2, 0.25) is 0 Å². The number of nitrogens with zero attached hydrogens (tertiary/aromatic N) is 1. The number of aliphatic hydroxyl groups excluding tert-OH is 1. The fourth-order valence-corrected chi connectivity index (χ4v) is 3.74. The molecule has 0 saturated heterocycles. The summed E-state index contributed by atoms with van der Waals surface area (Å²) in [7, 11) is 0. The molecule has 2 saturated carbocycles. The monoisotopic (exact) mass is 225 g/mol. The number of hydrogen-bond acceptors (Lipinski definition) is 2. The summed E-state index contributed by atoms with van der Waals surface area (Å²) < 4.78 is 0. The van der Waals surface area contributed by atoms with Crippen LogP contribution < -0.4 is 0 Å².